The zero-order chi connectivity index (χ0) is 8.43. The minimum absolute atomic E-state index is 0. The van der Waals surface area contributed by atoms with Crippen LogP contribution in [0.1, 0.15) is 5.56 Å². The normalized spacial score (nSPS) is 9.25. The summed E-state index contributed by atoms with van der Waals surface area (Å²) >= 11 is 17.0. The lowest BCUT2D eigenvalue weighted by Crippen LogP contribution is -1.92. The minimum atomic E-state index is 0. The van der Waals surface area contributed by atoms with E-state index in [0.717, 1.165) is 5.56 Å². The molecule has 1 aromatic rings. The lowest BCUT2D eigenvalue weighted by Gasteiger charge is -2.04. The van der Waals surface area contributed by atoms with Crippen molar-refractivity contribution in [1.29, 1.82) is 0 Å². The van der Waals surface area contributed by atoms with Crippen LogP contribution in [0.3, 0.4) is 0 Å². The molecule has 12 heavy (non-hydrogen) atoms. The van der Waals surface area contributed by atoms with E-state index in [9.17, 15) is 0 Å². The number of alkyl halides is 1. The lowest BCUT2D eigenvalue weighted by molar-refractivity contribution is 1.41. The molecule has 0 bridgehead atoms. The van der Waals surface area contributed by atoms with Gasteiger partial charge in [-0.2, -0.15) is 0 Å². The lowest BCUT2D eigenvalue weighted by atomic mass is 10.2. The van der Waals surface area contributed by atoms with E-state index in [1.807, 2.05) is 0 Å². The Balaban J connectivity index is 0.00000121. The highest BCUT2D eigenvalue weighted by Crippen LogP contribution is 2.28. The highest BCUT2D eigenvalue weighted by Gasteiger charge is 2.04. The number of benzene rings is 1. The van der Waals surface area contributed by atoms with Gasteiger partial charge >= 0.3 is 0 Å². The van der Waals surface area contributed by atoms with Crippen LogP contribution in [-0.2, 0) is 5.88 Å². The van der Waals surface area contributed by atoms with Crippen LogP contribution < -0.4 is 5.73 Å². The third-order valence-electron chi connectivity index (χ3n) is 1.33. The molecule has 0 aliphatic heterocycles. The second-order valence-corrected chi connectivity index (χ2v) is 3.20. The first-order chi connectivity index (χ1) is 5.15. The van der Waals surface area contributed by atoms with Gasteiger partial charge in [0.2, 0.25) is 0 Å². The van der Waals surface area contributed by atoms with E-state index in [0.29, 0.717) is 21.6 Å². The van der Waals surface area contributed by atoms with Crippen molar-refractivity contribution < 1.29 is 0 Å². The third-order valence-corrected chi connectivity index (χ3v) is 2.15. The molecule has 0 aliphatic carbocycles. The molecule has 5 heteroatoms. The molecule has 68 valence electrons. The largest absolute Gasteiger partial charge is 0.398 e. The van der Waals surface area contributed by atoms with Gasteiger partial charge in [-0.1, -0.05) is 23.2 Å². The molecule has 0 saturated carbocycles. The summed E-state index contributed by atoms with van der Waals surface area (Å²) in [5.74, 6) is 0.307. The quantitative estimate of drug-likeness (QED) is 0.593. The maximum Gasteiger partial charge on any atom is 0.0509 e. The SMILES string of the molecule is Cl.Nc1cc(Cl)cc(Cl)c1CCl. The number of anilines is 1. The minimum Gasteiger partial charge on any atom is -0.398 e. The number of halogens is 4. The first-order valence-electron chi connectivity index (χ1n) is 2.94. The molecular weight excluding hydrogens is 240 g/mol. The highest BCUT2D eigenvalue weighted by atomic mass is 35.5. The standard InChI is InChI=1S/C7H6Cl3N.ClH/c8-3-5-6(10)1-4(9)2-7(5)11;/h1-2H,3,11H2;1H. The summed E-state index contributed by atoms with van der Waals surface area (Å²) < 4.78 is 0. The van der Waals surface area contributed by atoms with E-state index in [2.05, 4.69) is 0 Å². The first-order valence-corrected chi connectivity index (χ1v) is 4.23. The molecule has 0 spiro atoms. The van der Waals surface area contributed by atoms with Crippen LogP contribution in [0.25, 0.3) is 0 Å². The fourth-order valence-corrected chi connectivity index (χ4v) is 1.71. The van der Waals surface area contributed by atoms with Gasteiger partial charge in [0.1, 0.15) is 0 Å². The average molecular weight is 247 g/mol. The number of rotatable bonds is 1. The summed E-state index contributed by atoms with van der Waals surface area (Å²) in [6.07, 6.45) is 0. The summed E-state index contributed by atoms with van der Waals surface area (Å²) in [6.45, 7) is 0. The van der Waals surface area contributed by atoms with Gasteiger partial charge in [-0.3, -0.25) is 0 Å². The zero-order valence-electron chi connectivity index (χ0n) is 5.98. The Hall–Kier alpha value is 0.180. The third kappa shape index (κ3) is 2.60. The molecule has 0 atom stereocenters. The van der Waals surface area contributed by atoms with Gasteiger partial charge in [-0.15, -0.1) is 24.0 Å². The van der Waals surface area contributed by atoms with Gasteiger partial charge in [-0.05, 0) is 12.1 Å². The molecule has 0 saturated heterocycles. The second kappa shape index (κ2) is 5.03. The van der Waals surface area contributed by atoms with Crippen molar-refractivity contribution in [1.82, 2.24) is 0 Å². The molecule has 1 aromatic carbocycles. The molecule has 1 rings (SSSR count). The summed E-state index contributed by atoms with van der Waals surface area (Å²) in [5, 5.41) is 1.05. The van der Waals surface area contributed by atoms with Gasteiger partial charge in [0.25, 0.3) is 0 Å². The van der Waals surface area contributed by atoms with Crippen molar-refractivity contribution in [3.8, 4) is 0 Å². The Morgan fingerprint density at radius 1 is 1.25 bits per heavy atom. The predicted molar refractivity (Wildman–Crippen MR) is 57.7 cm³/mol. The Labute approximate surface area is 92.2 Å². The van der Waals surface area contributed by atoms with Crippen LogP contribution in [0.4, 0.5) is 5.69 Å². The van der Waals surface area contributed by atoms with Crippen LogP contribution in [0.15, 0.2) is 12.1 Å². The van der Waals surface area contributed by atoms with Gasteiger partial charge in [0, 0.05) is 21.3 Å². The monoisotopic (exact) mass is 245 g/mol. The Bertz CT molecular complexity index is 251. The van der Waals surface area contributed by atoms with Crippen LogP contribution in [0.5, 0.6) is 0 Å². The number of nitrogens with two attached hydrogens (primary N) is 1. The topological polar surface area (TPSA) is 26.0 Å². The highest BCUT2D eigenvalue weighted by molar-refractivity contribution is 6.36. The Kier molecular flexibility index (Phi) is 5.10. The smallest absolute Gasteiger partial charge is 0.0509 e. The number of nitrogen functional groups attached to an aromatic ring is 1. The molecule has 0 heterocycles. The molecule has 0 fully saturated rings. The van der Waals surface area contributed by atoms with Crippen molar-refractivity contribution in [2.24, 2.45) is 0 Å². The Morgan fingerprint density at radius 2 is 1.83 bits per heavy atom. The van der Waals surface area contributed by atoms with Crippen molar-refractivity contribution >= 4 is 52.9 Å². The van der Waals surface area contributed by atoms with Crippen molar-refractivity contribution in [3.05, 3.63) is 27.7 Å². The van der Waals surface area contributed by atoms with Crippen LogP contribution in [-0.4, -0.2) is 0 Å². The maximum atomic E-state index is 5.79. The van der Waals surface area contributed by atoms with Gasteiger partial charge in [0.05, 0.1) is 5.88 Å². The molecule has 0 unspecified atom stereocenters. The molecule has 2 N–H and O–H groups in total. The Morgan fingerprint density at radius 3 is 2.25 bits per heavy atom. The molecule has 0 aliphatic rings. The van der Waals surface area contributed by atoms with E-state index in [-0.39, 0.29) is 12.4 Å². The van der Waals surface area contributed by atoms with Crippen LogP contribution >= 0.6 is 47.2 Å². The van der Waals surface area contributed by atoms with Crippen molar-refractivity contribution in [3.63, 3.8) is 0 Å². The first kappa shape index (κ1) is 12.2. The summed E-state index contributed by atoms with van der Waals surface area (Å²) in [5.41, 5.74) is 6.85. The van der Waals surface area contributed by atoms with E-state index in [1.54, 1.807) is 12.1 Å². The molecular formula is C7H7Cl4N. The van der Waals surface area contributed by atoms with Crippen molar-refractivity contribution in [2.45, 2.75) is 5.88 Å². The van der Waals surface area contributed by atoms with Gasteiger partial charge < -0.3 is 5.73 Å². The maximum absolute atomic E-state index is 5.79. The summed E-state index contributed by atoms with van der Waals surface area (Å²) in [6, 6.07) is 3.25. The summed E-state index contributed by atoms with van der Waals surface area (Å²) in [4.78, 5) is 0. The van der Waals surface area contributed by atoms with Crippen LogP contribution in [0, 0.1) is 0 Å². The molecule has 0 amide bonds. The average Bonchev–Trinajstić information content (AvgIpc) is 1.85. The molecule has 0 aromatic heterocycles. The summed E-state index contributed by atoms with van der Waals surface area (Å²) in [7, 11) is 0. The van der Waals surface area contributed by atoms with E-state index in [1.165, 1.54) is 0 Å². The van der Waals surface area contributed by atoms with Gasteiger partial charge in [-0.25, -0.2) is 0 Å². The van der Waals surface area contributed by atoms with E-state index in [4.69, 9.17) is 40.5 Å². The fourth-order valence-electron chi connectivity index (χ4n) is 0.764. The van der Waals surface area contributed by atoms with Gasteiger partial charge in [0.15, 0.2) is 0 Å². The molecule has 1 nitrogen and oxygen atoms in total. The number of hydrogen-bond donors (Lipinski definition) is 1. The fraction of sp³-hybridized carbons (Fsp3) is 0.143. The van der Waals surface area contributed by atoms with E-state index >= 15 is 0 Å². The second-order valence-electron chi connectivity index (χ2n) is 2.09. The zero-order valence-corrected chi connectivity index (χ0v) is 9.07. The molecule has 0 radical (unpaired) electrons. The predicted octanol–water partition coefficient (Wildman–Crippen LogP) is 3.74. The van der Waals surface area contributed by atoms with Crippen LogP contribution in [0.2, 0.25) is 10.0 Å². The van der Waals surface area contributed by atoms with Crippen molar-refractivity contribution in [2.75, 3.05) is 5.73 Å². The number of hydrogen-bond acceptors (Lipinski definition) is 1. The van der Waals surface area contributed by atoms with E-state index < -0.39 is 0 Å².